The van der Waals surface area contributed by atoms with Crippen molar-refractivity contribution < 1.29 is 9.59 Å². The fraction of sp³-hybridized carbons (Fsp3) is 0.158. The van der Waals surface area contributed by atoms with Crippen LogP contribution < -0.4 is 10.6 Å². The molecule has 2 amide bonds. The maximum absolute atomic E-state index is 12.2. The first-order valence-electron chi connectivity index (χ1n) is 7.75. The second-order valence-electron chi connectivity index (χ2n) is 5.82. The molecular formula is C19H19N3O2. The number of amides is 2. The monoisotopic (exact) mass is 321 g/mol. The van der Waals surface area contributed by atoms with Crippen LogP contribution >= 0.6 is 0 Å². The molecule has 1 aromatic heterocycles. The molecule has 0 fully saturated rings. The zero-order valence-electron chi connectivity index (χ0n) is 13.6. The van der Waals surface area contributed by atoms with Crippen LogP contribution in [-0.4, -0.2) is 16.8 Å². The summed E-state index contributed by atoms with van der Waals surface area (Å²) < 4.78 is 0. The molecule has 3 aromatic rings. The number of anilines is 1. The second kappa shape index (κ2) is 6.58. The molecule has 0 aliphatic carbocycles. The van der Waals surface area contributed by atoms with Gasteiger partial charge in [-0.25, -0.2) is 0 Å². The van der Waals surface area contributed by atoms with Gasteiger partial charge in [0.05, 0.1) is 0 Å². The third kappa shape index (κ3) is 3.63. The minimum absolute atomic E-state index is 0.136. The molecule has 0 atom stereocenters. The van der Waals surface area contributed by atoms with Gasteiger partial charge in [0.15, 0.2) is 0 Å². The van der Waals surface area contributed by atoms with Crippen molar-refractivity contribution in [1.82, 2.24) is 10.3 Å². The van der Waals surface area contributed by atoms with Crippen LogP contribution in [0, 0.1) is 6.92 Å². The van der Waals surface area contributed by atoms with Gasteiger partial charge in [0.25, 0.3) is 5.91 Å². The van der Waals surface area contributed by atoms with Crippen molar-refractivity contribution in [1.29, 1.82) is 0 Å². The van der Waals surface area contributed by atoms with Crippen LogP contribution in [0.3, 0.4) is 0 Å². The van der Waals surface area contributed by atoms with E-state index in [2.05, 4.69) is 27.8 Å². The lowest BCUT2D eigenvalue weighted by Gasteiger charge is -2.07. The Labute approximate surface area is 140 Å². The molecular weight excluding hydrogens is 302 g/mol. The van der Waals surface area contributed by atoms with Crippen molar-refractivity contribution in [2.24, 2.45) is 0 Å². The summed E-state index contributed by atoms with van der Waals surface area (Å²) in [6.07, 6.45) is 0. The number of fused-ring (bicyclic) bond motifs is 1. The first-order chi connectivity index (χ1) is 11.5. The largest absolute Gasteiger partial charge is 0.359 e. The van der Waals surface area contributed by atoms with Crippen LogP contribution in [0.4, 0.5) is 5.69 Å². The lowest BCUT2D eigenvalue weighted by molar-refractivity contribution is -0.114. The molecule has 5 nitrogen and oxygen atoms in total. The Kier molecular flexibility index (Phi) is 4.33. The average Bonchev–Trinajstić information content (AvgIpc) is 2.92. The normalized spacial score (nSPS) is 10.6. The minimum atomic E-state index is -0.144. The van der Waals surface area contributed by atoms with Gasteiger partial charge >= 0.3 is 0 Å². The van der Waals surface area contributed by atoms with Gasteiger partial charge in [-0.15, -0.1) is 0 Å². The van der Waals surface area contributed by atoms with E-state index in [1.165, 1.54) is 6.92 Å². The van der Waals surface area contributed by atoms with E-state index in [0.717, 1.165) is 22.2 Å². The summed E-state index contributed by atoms with van der Waals surface area (Å²) in [6, 6.07) is 15.0. The molecule has 0 bridgehead atoms. The number of benzene rings is 2. The van der Waals surface area contributed by atoms with E-state index in [4.69, 9.17) is 0 Å². The van der Waals surface area contributed by atoms with Gasteiger partial charge in [0.2, 0.25) is 5.91 Å². The number of rotatable bonds is 4. The Morgan fingerprint density at radius 2 is 1.79 bits per heavy atom. The molecule has 3 N–H and O–H groups in total. The summed E-state index contributed by atoms with van der Waals surface area (Å²) in [5, 5.41) is 6.72. The number of aromatic amines is 1. The van der Waals surface area contributed by atoms with E-state index in [1.54, 1.807) is 24.3 Å². The highest BCUT2D eigenvalue weighted by Crippen LogP contribution is 2.17. The predicted octanol–water partition coefficient (Wildman–Crippen LogP) is 3.36. The zero-order valence-corrected chi connectivity index (χ0v) is 13.6. The molecule has 5 heteroatoms. The van der Waals surface area contributed by atoms with Crippen LogP contribution in [0.1, 0.15) is 28.5 Å². The molecule has 0 saturated carbocycles. The molecule has 24 heavy (non-hydrogen) atoms. The number of carbonyl (C=O) groups is 2. The van der Waals surface area contributed by atoms with Crippen LogP contribution in [0.5, 0.6) is 0 Å². The molecule has 1 heterocycles. The fourth-order valence-corrected chi connectivity index (χ4v) is 2.63. The maximum Gasteiger partial charge on any atom is 0.251 e. The SMILES string of the molecule is CC(=O)Nc1ccc(C(=O)NCc2ccc3[nH]c(C)cc3c2)cc1. The molecule has 0 aliphatic heterocycles. The Bertz CT molecular complexity index is 895. The summed E-state index contributed by atoms with van der Waals surface area (Å²) in [4.78, 5) is 26.5. The lowest BCUT2D eigenvalue weighted by atomic mass is 10.1. The average molecular weight is 321 g/mol. The van der Waals surface area contributed by atoms with E-state index < -0.39 is 0 Å². The molecule has 0 spiro atoms. The molecule has 0 aliphatic rings. The predicted molar refractivity (Wildman–Crippen MR) is 95.0 cm³/mol. The fourth-order valence-electron chi connectivity index (χ4n) is 2.63. The highest BCUT2D eigenvalue weighted by atomic mass is 16.2. The highest BCUT2D eigenvalue weighted by Gasteiger charge is 2.06. The first-order valence-corrected chi connectivity index (χ1v) is 7.75. The standard InChI is InChI=1S/C19H19N3O2/c1-12-9-16-10-14(3-8-18(16)21-12)11-20-19(24)15-4-6-17(7-5-15)22-13(2)23/h3-10,21H,11H2,1-2H3,(H,20,24)(H,22,23). The number of carbonyl (C=O) groups excluding carboxylic acids is 2. The lowest BCUT2D eigenvalue weighted by Crippen LogP contribution is -2.22. The van der Waals surface area contributed by atoms with Crippen molar-refractivity contribution in [2.45, 2.75) is 20.4 Å². The van der Waals surface area contributed by atoms with Crippen molar-refractivity contribution >= 4 is 28.4 Å². The van der Waals surface area contributed by atoms with Crippen LogP contribution in [-0.2, 0) is 11.3 Å². The van der Waals surface area contributed by atoms with E-state index in [-0.39, 0.29) is 11.8 Å². The van der Waals surface area contributed by atoms with Crippen molar-refractivity contribution in [3.63, 3.8) is 0 Å². The Hall–Kier alpha value is -3.08. The van der Waals surface area contributed by atoms with Gasteiger partial charge in [-0.2, -0.15) is 0 Å². The summed E-state index contributed by atoms with van der Waals surface area (Å²) in [6.45, 7) is 3.93. The highest BCUT2D eigenvalue weighted by molar-refractivity contribution is 5.95. The Morgan fingerprint density at radius 1 is 1.04 bits per heavy atom. The molecule has 3 rings (SSSR count). The summed E-state index contributed by atoms with van der Waals surface area (Å²) in [5.74, 6) is -0.280. The molecule has 0 unspecified atom stereocenters. The van der Waals surface area contributed by atoms with Crippen molar-refractivity contribution in [3.8, 4) is 0 Å². The molecule has 0 radical (unpaired) electrons. The quantitative estimate of drug-likeness (QED) is 0.689. The molecule has 122 valence electrons. The van der Waals surface area contributed by atoms with Gasteiger partial charge in [0.1, 0.15) is 0 Å². The van der Waals surface area contributed by atoms with Gasteiger partial charge < -0.3 is 15.6 Å². The topological polar surface area (TPSA) is 74.0 Å². The van der Waals surface area contributed by atoms with Gasteiger partial charge in [-0.3, -0.25) is 9.59 Å². The molecule has 0 saturated heterocycles. The number of H-pyrrole nitrogens is 1. The smallest absolute Gasteiger partial charge is 0.251 e. The number of hydrogen-bond acceptors (Lipinski definition) is 2. The zero-order chi connectivity index (χ0) is 17.1. The van der Waals surface area contributed by atoms with Crippen molar-refractivity contribution in [3.05, 3.63) is 65.4 Å². The van der Waals surface area contributed by atoms with Gasteiger partial charge in [-0.1, -0.05) is 6.07 Å². The van der Waals surface area contributed by atoms with Crippen molar-refractivity contribution in [2.75, 3.05) is 5.32 Å². The summed E-state index contributed by atoms with van der Waals surface area (Å²) >= 11 is 0. The molecule has 2 aromatic carbocycles. The third-order valence-electron chi connectivity index (χ3n) is 3.74. The number of aryl methyl sites for hydroxylation is 1. The summed E-state index contributed by atoms with van der Waals surface area (Å²) in [7, 11) is 0. The van der Waals surface area contributed by atoms with Gasteiger partial charge in [-0.05, 0) is 60.3 Å². The van der Waals surface area contributed by atoms with Crippen LogP contribution in [0.2, 0.25) is 0 Å². The summed E-state index contributed by atoms with van der Waals surface area (Å²) in [5.41, 5.74) is 4.49. The minimum Gasteiger partial charge on any atom is -0.359 e. The van der Waals surface area contributed by atoms with E-state index in [9.17, 15) is 9.59 Å². The van der Waals surface area contributed by atoms with E-state index in [0.29, 0.717) is 17.8 Å². The Morgan fingerprint density at radius 3 is 2.50 bits per heavy atom. The number of aromatic nitrogens is 1. The number of hydrogen-bond donors (Lipinski definition) is 3. The van der Waals surface area contributed by atoms with E-state index in [1.807, 2.05) is 19.1 Å². The van der Waals surface area contributed by atoms with Gasteiger partial charge in [0, 0.05) is 35.9 Å². The third-order valence-corrected chi connectivity index (χ3v) is 3.74. The maximum atomic E-state index is 12.2. The first kappa shape index (κ1) is 15.8. The second-order valence-corrected chi connectivity index (χ2v) is 5.82. The number of nitrogens with one attached hydrogen (secondary N) is 3. The van der Waals surface area contributed by atoms with Crippen LogP contribution in [0.15, 0.2) is 48.5 Å². The van der Waals surface area contributed by atoms with E-state index >= 15 is 0 Å². The Balaban J connectivity index is 1.64. The van der Waals surface area contributed by atoms with Crippen LogP contribution in [0.25, 0.3) is 10.9 Å².